The van der Waals surface area contributed by atoms with Gasteiger partial charge in [0.1, 0.15) is 18.2 Å². The molecule has 1 N–H and O–H groups in total. The number of nitrogens with zero attached hydrogens (tertiary/aromatic N) is 2. The molecule has 27 heavy (non-hydrogen) atoms. The Balaban J connectivity index is 1.49. The van der Waals surface area contributed by atoms with Crippen molar-refractivity contribution >= 4 is 50.8 Å². The zero-order chi connectivity index (χ0) is 18.6. The summed E-state index contributed by atoms with van der Waals surface area (Å²) in [6, 6.07) is 10.7. The number of halogens is 2. The number of hydrogen-bond acceptors (Lipinski definition) is 6. The van der Waals surface area contributed by atoms with E-state index in [4.69, 9.17) is 16.3 Å². The van der Waals surface area contributed by atoms with Crippen LogP contribution in [0.2, 0.25) is 5.02 Å². The molecule has 0 aliphatic rings. The van der Waals surface area contributed by atoms with Crippen molar-refractivity contribution in [2.45, 2.75) is 11.5 Å². The smallest absolute Gasteiger partial charge is 0.192 e. The van der Waals surface area contributed by atoms with Crippen molar-refractivity contribution < 1.29 is 9.13 Å². The zero-order valence-electron chi connectivity index (χ0n) is 13.9. The summed E-state index contributed by atoms with van der Waals surface area (Å²) in [5, 5.41) is 4.95. The molecule has 0 unspecified atom stereocenters. The average molecular weight is 418 g/mol. The number of ether oxygens (including phenoxy) is 1. The fourth-order valence-electron chi connectivity index (χ4n) is 2.53. The molecule has 0 saturated heterocycles. The Kier molecular flexibility index (Phi) is 5.42. The molecular formula is C19H13ClFN3OS2. The number of thiazole rings is 1. The first-order chi connectivity index (χ1) is 13.2. The van der Waals surface area contributed by atoms with Gasteiger partial charge in [-0.3, -0.25) is 4.98 Å². The first-order valence-electron chi connectivity index (χ1n) is 7.96. The van der Waals surface area contributed by atoms with Gasteiger partial charge in [-0.25, -0.2) is 9.37 Å². The molecule has 136 valence electrons. The number of anilines is 1. The van der Waals surface area contributed by atoms with Gasteiger partial charge < -0.3 is 9.46 Å². The van der Waals surface area contributed by atoms with E-state index in [0.717, 1.165) is 28.3 Å². The fraction of sp³-hybridized carbons (Fsp3) is 0.0526. The van der Waals surface area contributed by atoms with Crippen LogP contribution in [0.5, 0.6) is 5.75 Å². The van der Waals surface area contributed by atoms with Crippen molar-refractivity contribution in [2.24, 2.45) is 0 Å². The van der Waals surface area contributed by atoms with Crippen LogP contribution in [0.15, 0.2) is 65.3 Å². The number of hydrogen-bond donors (Lipinski definition) is 1. The minimum Gasteiger partial charge on any atom is -0.487 e. The van der Waals surface area contributed by atoms with Crippen LogP contribution in [0, 0.1) is 5.82 Å². The Bertz CT molecular complexity index is 1070. The predicted molar refractivity (Wildman–Crippen MR) is 109 cm³/mol. The topological polar surface area (TPSA) is 47.0 Å². The summed E-state index contributed by atoms with van der Waals surface area (Å²) >= 11 is 8.84. The maximum atomic E-state index is 14.4. The number of pyridine rings is 1. The van der Waals surface area contributed by atoms with Crippen molar-refractivity contribution in [1.82, 2.24) is 9.97 Å². The van der Waals surface area contributed by atoms with Gasteiger partial charge >= 0.3 is 0 Å². The zero-order valence-corrected chi connectivity index (χ0v) is 16.2. The molecule has 2 heterocycles. The number of fused-ring (bicyclic) bond motifs is 1. The third-order valence-electron chi connectivity index (χ3n) is 3.82. The molecule has 8 heteroatoms. The van der Waals surface area contributed by atoms with E-state index in [9.17, 15) is 4.39 Å². The number of nitrogens with one attached hydrogen (secondary N) is 1. The van der Waals surface area contributed by atoms with E-state index in [-0.39, 0.29) is 6.61 Å². The summed E-state index contributed by atoms with van der Waals surface area (Å²) in [6.07, 6.45) is 5.21. The number of rotatable bonds is 6. The van der Waals surface area contributed by atoms with Crippen molar-refractivity contribution in [3.8, 4) is 5.75 Å². The molecule has 2 aromatic carbocycles. The molecule has 2 aromatic heterocycles. The first kappa shape index (κ1) is 18.0. The molecule has 0 aliphatic carbocycles. The van der Waals surface area contributed by atoms with Gasteiger partial charge in [0, 0.05) is 35.4 Å². The van der Waals surface area contributed by atoms with Crippen LogP contribution in [0.25, 0.3) is 10.8 Å². The van der Waals surface area contributed by atoms with Gasteiger partial charge in [-0.05, 0) is 35.0 Å². The van der Waals surface area contributed by atoms with Crippen LogP contribution in [0.4, 0.5) is 9.52 Å². The second-order valence-corrected chi connectivity index (χ2v) is 7.71. The quantitative estimate of drug-likeness (QED) is 0.379. The van der Waals surface area contributed by atoms with Crippen LogP contribution >= 0.6 is 34.9 Å². The highest BCUT2D eigenvalue weighted by Crippen LogP contribution is 2.34. The van der Waals surface area contributed by atoms with Crippen molar-refractivity contribution in [2.75, 3.05) is 4.72 Å². The van der Waals surface area contributed by atoms with Gasteiger partial charge in [0.25, 0.3) is 0 Å². The van der Waals surface area contributed by atoms with Crippen LogP contribution < -0.4 is 9.46 Å². The third kappa shape index (κ3) is 4.16. The highest BCUT2D eigenvalue weighted by molar-refractivity contribution is 8.00. The van der Waals surface area contributed by atoms with E-state index in [1.807, 2.05) is 29.6 Å². The third-order valence-corrected chi connectivity index (χ3v) is 5.77. The molecule has 0 bridgehead atoms. The lowest BCUT2D eigenvalue weighted by molar-refractivity contribution is 0.305. The van der Waals surface area contributed by atoms with Gasteiger partial charge in [0.2, 0.25) is 0 Å². The van der Waals surface area contributed by atoms with E-state index < -0.39 is 5.82 Å². The normalized spacial score (nSPS) is 10.9. The lowest BCUT2D eigenvalue weighted by atomic mass is 10.1. The van der Waals surface area contributed by atoms with Gasteiger partial charge in [-0.1, -0.05) is 29.8 Å². The molecule has 4 nitrogen and oxygen atoms in total. The molecule has 0 fully saturated rings. The summed E-state index contributed by atoms with van der Waals surface area (Å²) < 4.78 is 23.2. The molecule has 0 radical (unpaired) electrons. The second-order valence-electron chi connectivity index (χ2n) is 5.56. The SMILES string of the molecule is Fc1cc(OCc2cccc3ccncc23)c(Cl)cc1SNc1nccs1. The van der Waals surface area contributed by atoms with Crippen molar-refractivity contribution in [3.05, 3.63) is 76.8 Å². The monoisotopic (exact) mass is 417 g/mol. The van der Waals surface area contributed by atoms with Gasteiger partial charge in [-0.2, -0.15) is 0 Å². The standard InChI is InChI=1S/C19H13ClFN3OS2/c20-15-8-18(27-24-19-23-6-7-26-19)16(21)9-17(15)25-11-13-3-1-2-12-4-5-22-10-14(12)13/h1-10H,11H2,(H,23,24). The molecule has 4 aromatic rings. The predicted octanol–water partition coefficient (Wildman–Crippen LogP) is 6.18. The Morgan fingerprint density at radius 3 is 3.00 bits per heavy atom. The van der Waals surface area contributed by atoms with E-state index in [1.165, 1.54) is 17.4 Å². The molecule has 0 saturated carbocycles. The summed E-state index contributed by atoms with van der Waals surface area (Å²) in [4.78, 5) is 8.62. The van der Waals surface area contributed by atoms with Crippen molar-refractivity contribution in [3.63, 3.8) is 0 Å². The van der Waals surface area contributed by atoms with Crippen LogP contribution in [0.3, 0.4) is 0 Å². The maximum absolute atomic E-state index is 14.4. The molecular weight excluding hydrogens is 405 g/mol. The first-order valence-corrected chi connectivity index (χ1v) is 10.0. The Hall–Kier alpha value is -2.35. The molecule has 0 atom stereocenters. The summed E-state index contributed by atoms with van der Waals surface area (Å²) in [5.41, 5.74) is 0.959. The van der Waals surface area contributed by atoms with Gasteiger partial charge in [-0.15, -0.1) is 11.3 Å². The average Bonchev–Trinajstić information content (AvgIpc) is 3.21. The Morgan fingerprint density at radius 2 is 2.15 bits per heavy atom. The van der Waals surface area contributed by atoms with Gasteiger partial charge in [0.15, 0.2) is 5.13 Å². The molecule has 4 rings (SSSR count). The second kappa shape index (κ2) is 8.12. The number of benzene rings is 2. The lowest BCUT2D eigenvalue weighted by Crippen LogP contribution is -1.99. The highest BCUT2D eigenvalue weighted by Gasteiger charge is 2.12. The lowest BCUT2D eigenvalue weighted by Gasteiger charge is -2.12. The van der Waals surface area contributed by atoms with E-state index >= 15 is 0 Å². The number of aromatic nitrogens is 2. The van der Waals surface area contributed by atoms with Crippen molar-refractivity contribution in [1.29, 1.82) is 0 Å². The van der Waals surface area contributed by atoms with Crippen LogP contribution in [-0.2, 0) is 6.61 Å². The largest absolute Gasteiger partial charge is 0.487 e. The van der Waals surface area contributed by atoms with Gasteiger partial charge in [0.05, 0.1) is 9.92 Å². The summed E-state index contributed by atoms with van der Waals surface area (Å²) in [5.74, 6) is -0.114. The fourth-order valence-corrected chi connectivity index (χ4v) is 4.09. The molecule has 0 spiro atoms. The minimum atomic E-state index is -0.414. The van der Waals surface area contributed by atoms with E-state index in [1.54, 1.807) is 24.7 Å². The van der Waals surface area contributed by atoms with Crippen LogP contribution in [0.1, 0.15) is 5.56 Å². The maximum Gasteiger partial charge on any atom is 0.192 e. The Labute approximate surface area is 168 Å². The molecule has 0 amide bonds. The highest BCUT2D eigenvalue weighted by atomic mass is 35.5. The van der Waals surface area contributed by atoms with E-state index in [0.29, 0.717) is 20.8 Å². The van der Waals surface area contributed by atoms with E-state index in [2.05, 4.69) is 14.7 Å². The minimum absolute atomic E-state index is 0.270. The summed E-state index contributed by atoms with van der Waals surface area (Å²) in [7, 11) is 0. The van der Waals surface area contributed by atoms with Crippen LogP contribution in [-0.4, -0.2) is 9.97 Å². The molecule has 0 aliphatic heterocycles. The summed E-state index contributed by atoms with van der Waals surface area (Å²) in [6.45, 7) is 0.270. The Morgan fingerprint density at radius 1 is 1.22 bits per heavy atom.